The second-order valence-corrected chi connectivity index (χ2v) is 8.53. The van der Waals surface area contributed by atoms with E-state index in [4.69, 9.17) is 4.42 Å². The second kappa shape index (κ2) is 8.17. The lowest BCUT2D eigenvalue weighted by atomic mass is 10.2. The molecule has 3 aromatic rings. The molecule has 0 saturated heterocycles. The van der Waals surface area contributed by atoms with Gasteiger partial charge in [-0.1, -0.05) is 25.1 Å². The highest BCUT2D eigenvalue weighted by molar-refractivity contribution is 9.11. The van der Waals surface area contributed by atoms with Crippen molar-refractivity contribution < 1.29 is 9.21 Å². The van der Waals surface area contributed by atoms with Gasteiger partial charge in [0.15, 0.2) is 0 Å². The van der Waals surface area contributed by atoms with Crippen LogP contribution in [0.1, 0.15) is 30.5 Å². The number of carbonyl (C=O) groups is 1. The van der Waals surface area contributed by atoms with E-state index in [1.165, 1.54) is 4.88 Å². The average molecular weight is 421 g/mol. The zero-order valence-electron chi connectivity index (χ0n) is 14.3. The van der Waals surface area contributed by atoms with E-state index in [1.54, 1.807) is 11.3 Å². The van der Waals surface area contributed by atoms with Gasteiger partial charge in [0, 0.05) is 16.8 Å². The summed E-state index contributed by atoms with van der Waals surface area (Å²) in [5.41, 5.74) is 0.844. The minimum Gasteiger partial charge on any atom is -0.459 e. The van der Waals surface area contributed by atoms with Crippen LogP contribution in [0.2, 0.25) is 0 Å². The molecule has 3 rings (SSSR count). The van der Waals surface area contributed by atoms with E-state index < -0.39 is 0 Å². The van der Waals surface area contributed by atoms with Crippen molar-refractivity contribution in [2.45, 2.75) is 26.4 Å². The number of nitrogens with one attached hydrogen (secondary N) is 1. The van der Waals surface area contributed by atoms with E-state index in [9.17, 15) is 4.79 Å². The highest BCUT2D eigenvalue weighted by Gasteiger charge is 2.16. The molecule has 0 radical (unpaired) electrons. The molecule has 1 amide bonds. The van der Waals surface area contributed by atoms with Crippen molar-refractivity contribution in [3.63, 3.8) is 0 Å². The lowest BCUT2D eigenvalue weighted by Crippen LogP contribution is -2.37. The molecule has 6 heteroatoms. The number of halogens is 1. The molecule has 25 heavy (non-hydrogen) atoms. The number of amides is 1. The summed E-state index contributed by atoms with van der Waals surface area (Å²) in [6.45, 7) is 5.98. The van der Waals surface area contributed by atoms with Crippen molar-refractivity contribution in [1.29, 1.82) is 0 Å². The third kappa shape index (κ3) is 4.71. The number of benzene rings is 1. The maximum absolute atomic E-state index is 12.4. The van der Waals surface area contributed by atoms with Crippen LogP contribution in [0.4, 0.5) is 0 Å². The van der Waals surface area contributed by atoms with Crippen molar-refractivity contribution in [3.8, 4) is 0 Å². The number of rotatable bonds is 7. The van der Waals surface area contributed by atoms with Crippen LogP contribution in [0.3, 0.4) is 0 Å². The molecule has 0 fully saturated rings. The van der Waals surface area contributed by atoms with Crippen LogP contribution < -0.4 is 5.32 Å². The normalized spacial score (nSPS) is 12.6. The number of furan rings is 1. The molecule has 0 aliphatic carbocycles. The molecule has 132 valence electrons. The Morgan fingerprint density at radius 1 is 1.32 bits per heavy atom. The molecule has 4 nitrogen and oxygen atoms in total. The Hall–Kier alpha value is -1.63. The number of hydrogen-bond acceptors (Lipinski definition) is 4. The quantitative estimate of drug-likeness (QED) is 0.587. The Bertz CT molecular complexity index is 825. The fourth-order valence-electron chi connectivity index (χ4n) is 2.71. The number of hydrogen-bond donors (Lipinski definition) is 1. The molecule has 0 aliphatic rings. The van der Waals surface area contributed by atoms with Gasteiger partial charge < -0.3 is 9.73 Å². The second-order valence-electron chi connectivity index (χ2n) is 5.98. The number of likely N-dealkylation sites (N-methyl/N-ethyl adjacent to an activating group) is 1. The van der Waals surface area contributed by atoms with E-state index in [2.05, 4.69) is 39.1 Å². The van der Waals surface area contributed by atoms with Crippen LogP contribution in [0.25, 0.3) is 11.0 Å². The van der Waals surface area contributed by atoms with Crippen molar-refractivity contribution in [2.75, 3.05) is 13.1 Å². The minimum absolute atomic E-state index is 0.00503. The molecular formula is C19H21BrN2O2S. The molecule has 1 N–H and O–H groups in total. The molecule has 1 atom stereocenters. The molecule has 1 aromatic carbocycles. The van der Waals surface area contributed by atoms with Crippen molar-refractivity contribution in [3.05, 3.63) is 56.9 Å². The Morgan fingerprint density at radius 2 is 2.12 bits per heavy atom. The first kappa shape index (κ1) is 18.2. The van der Waals surface area contributed by atoms with Gasteiger partial charge in [0.05, 0.1) is 16.4 Å². The third-order valence-corrected chi connectivity index (χ3v) is 5.68. The van der Waals surface area contributed by atoms with Crippen LogP contribution in [0.15, 0.2) is 50.7 Å². The number of para-hydroxylation sites is 1. The van der Waals surface area contributed by atoms with E-state index in [0.29, 0.717) is 6.54 Å². The van der Waals surface area contributed by atoms with Crippen LogP contribution in [0.5, 0.6) is 0 Å². The standard InChI is InChI=1S/C19H21BrN2O2S/c1-3-22(11-15-8-9-18(20)25-15)12-19(23)21-13(2)17-10-14-6-4-5-7-16(14)24-17/h4-10,13H,3,11-12H2,1-2H3,(H,21,23). The molecule has 0 bridgehead atoms. The van der Waals surface area contributed by atoms with E-state index >= 15 is 0 Å². The summed E-state index contributed by atoms with van der Waals surface area (Å²) in [5.74, 6) is 0.783. The van der Waals surface area contributed by atoms with Gasteiger partial charge in [-0.25, -0.2) is 0 Å². The summed E-state index contributed by atoms with van der Waals surface area (Å²) in [4.78, 5) is 15.8. The highest BCUT2D eigenvalue weighted by atomic mass is 79.9. The summed E-state index contributed by atoms with van der Waals surface area (Å²) in [6, 6.07) is 13.8. The lowest BCUT2D eigenvalue weighted by Gasteiger charge is -2.20. The minimum atomic E-state index is -0.158. The van der Waals surface area contributed by atoms with Crippen LogP contribution >= 0.6 is 27.3 Å². The molecule has 1 unspecified atom stereocenters. The topological polar surface area (TPSA) is 45.5 Å². The lowest BCUT2D eigenvalue weighted by molar-refractivity contribution is -0.123. The number of thiophene rings is 1. The highest BCUT2D eigenvalue weighted by Crippen LogP contribution is 2.24. The van der Waals surface area contributed by atoms with Gasteiger partial charge in [-0.15, -0.1) is 11.3 Å². The summed E-state index contributed by atoms with van der Waals surface area (Å²) in [7, 11) is 0. The first-order valence-corrected chi connectivity index (χ1v) is 9.90. The van der Waals surface area contributed by atoms with E-state index in [-0.39, 0.29) is 11.9 Å². The van der Waals surface area contributed by atoms with Gasteiger partial charge in [0.1, 0.15) is 11.3 Å². The molecule has 0 aliphatic heterocycles. The molecule has 0 spiro atoms. The fraction of sp³-hybridized carbons (Fsp3) is 0.316. The summed E-state index contributed by atoms with van der Waals surface area (Å²) >= 11 is 5.18. The van der Waals surface area contributed by atoms with Crippen molar-refractivity contribution in [1.82, 2.24) is 10.2 Å². The first-order chi connectivity index (χ1) is 12.0. The van der Waals surface area contributed by atoms with Crippen LogP contribution in [-0.4, -0.2) is 23.9 Å². The molecule has 2 aromatic heterocycles. The largest absolute Gasteiger partial charge is 0.459 e. The van der Waals surface area contributed by atoms with E-state index in [0.717, 1.165) is 33.6 Å². The first-order valence-electron chi connectivity index (χ1n) is 8.29. The van der Waals surface area contributed by atoms with Gasteiger partial charge in [0.25, 0.3) is 0 Å². The summed E-state index contributed by atoms with van der Waals surface area (Å²) in [5, 5.41) is 4.09. The van der Waals surface area contributed by atoms with Gasteiger partial charge in [-0.05, 0) is 53.7 Å². The van der Waals surface area contributed by atoms with Gasteiger partial charge in [-0.3, -0.25) is 9.69 Å². The molecular weight excluding hydrogens is 400 g/mol. The maximum atomic E-state index is 12.4. The Kier molecular flexibility index (Phi) is 5.93. The van der Waals surface area contributed by atoms with Gasteiger partial charge >= 0.3 is 0 Å². The number of carbonyl (C=O) groups excluding carboxylic acids is 1. The third-order valence-electron chi connectivity index (χ3n) is 4.07. The number of fused-ring (bicyclic) bond motifs is 1. The van der Waals surface area contributed by atoms with Crippen molar-refractivity contribution in [2.24, 2.45) is 0 Å². The average Bonchev–Trinajstić information content (AvgIpc) is 3.20. The maximum Gasteiger partial charge on any atom is 0.234 e. The van der Waals surface area contributed by atoms with Gasteiger partial charge in [0.2, 0.25) is 5.91 Å². The zero-order chi connectivity index (χ0) is 17.8. The number of nitrogens with zero attached hydrogens (tertiary/aromatic N) is 1. The van der Waals surface area contributed by atoms with E-state index in [1.807, 2.05) is 43.3 Å². The Labute approximate surface area is 159 Å². The van der Waals surface area contributed by atoms with Crippen LogP contribution in [-0.2, 0) is 11.3 Å². The summed E-state index contributed by atoms with van der Waals surface area (Å²) in [6.07, 6.45) is 0. The fourth-order valence-corrected chi connectivity index (χ4v) is 4.24. The molecule has 0 saturated carbocycles. The van der Waals surface area contributed by atoms with Gasteiger partial charge in [-0.2, -0.15) is 0 Å². The van der Waals surface area contributed by atoms with Crippen molar-refractivity contribution >= 4 is 44.1 Å². The SMILES string of the molecule is CCN(CC(=O)NC(C)c1cc2ccccc2o1)Cc1ccc(Br)s1. The smallest absolute Gasteiger partial charge is 0.234 e. The monoisotopic (exact) mass is 420 g/mol. The molecule has 2 heterocycles. The summed E-state index contributed by atoms with van der Waals surface area (Å²) < 4.78 is 6.94. The predicted molar refractivity (Wildman–Crippen MR) is 106 cm³/mol. The Morgan fingerprint density at radius 3 is 2.80 bits per heavy atom. The Balaban J connectivity index is 1.58. The predicted octanol–water partition coefficient (Wildman–Crippen LogP) is 4.96. The van der Waals surface area contributed by atoms with Crippen LogP contribution in [0, 0.1) is 0 Å². The zero-order valence-corrected chi connectivity index (χ0v) is 16.7.